The lowest BCUT2D eigenvalue weighted by molar-refractivity contribution is -0.134. The molecule has 0 aliphatic carbocycles. The summed E-state index contributed by atoms with van der Waals surface area (Å²) in [6.45, 7) is 6.37. The number of benzene rings is 2. The first-order valence-electron chi connectivity index (χ1n) is 12.3. The fraction of sp³-hybridized carbons (Fsp3) is 0.500. The molecule has 1 unspecified atom stereocenters. The Balaban J connectivity index is 1.33. The van der Waals surface area contributed by atoms with E-state index in [1.165, 1.54) is 36.3 Å². The Bertz CT molecular complexity index is 1080. The van der Waals surface area contributed by atoms with Crippen molar-refractivity contribution in [3.05, 3.63) is 48.5 Å². The molecule has 0 aromatic heterocycles. The van der Waals surface area contributed by atoms with E-state index in [9.17, 15) is 13.2 Å². The minimum Gasteiger partial charge on any atom is -0.494 e. The normalized spacial score (nSPS) is 18.6. The molecule has 2 heterocycles. The average molecular weight is 502 g/mol. The lowest BCUT2D eigenvalue weighted by Crippen LogP contribution is -2.44. The highest BCUT2D eigenvalue weighted by molar-refractivity contribution is 7.92. The van der Waals surface area contributed by atoms with E-state index >= 15 is 0 Å². The second-order valence-corrected chi connectivity index (χ2v) is 11.0. The molecule has 8 nitrogen and oxygen atoms in total. The van der Waals surface area contributed by atoms with Crippen molar-refractivity contribution in [2.24, 2.45) is 0 Å². The molecule has 2 aliphatic heterocycles. The maximum Gasteiger partial charge on any atom is 0.264 e. The van der Waals surface area contributed by atoms with Gasteiger partial charge >= 0.3 is 0 Å². The SMILES string of the molecule is CCOc1ccc(S(=O)(=O)N(C)c2ccc(OCC(=O)N3CCCC3CN3CCCC3)cc2)cc1. The fourth-order valence-electron chi connectivity index (χ4n) is 4.77. The summed E-state index contributed by atoms with van der Waals surface area (Å²) in [6.07, 6.45) is 4.58. The highest BCUT2D eigenvalue weighted by atomic mass is 32.2. The largest absolute Gasteiger partial charge is 0.494 e. The van der Waals surface area contributed by atoms with Crippen molar-refractivity contribution in [1.29, 1.82) is 0 Å². The molecule has 4 rings (SSSR count). The van der Waals surface area contributed by atoms with Crippen LogP contribution in [0.1, 0.15) is 32.6 Å². The monoisotopic (exact) mass is 501 g/mol. The van der Waals surface area contributed by atoms with Gasteiger partial charge in [-0.15, -0.1) is 0 Å². The maximum absolute atomic E-state index is 13.0. The number of nitrogens with zero attached hydrogens (tertiary/aromatic N) is 3. The van der Waals surface area contributed by atoms with Crippen LogP contribution in [0, 0.1) is 0 Å². The van der Waals surface area contributed by atoms with Crippen LogP contribution in [0.4, 0.5) is 5.69 Å². The summed E-state index contributed by atoms with van der Waals surface area (Å²) in [5.74, 6) is 1.16. The van der Waals surface area contributed by atoms with Gasteiger partial charge in [0.05, 0.1) is 17.2 Å². The molecule has 2 saturated heterocycles. The van der Waals surface area contributed by atoms with Gasteiger partial charge in [-0.05, 0) is 94.2 Å². The van der Waals surface area contributed by atoms with Gasteiger partial charge in [0, 0.05) is 26.2 Å². The van der Waals surface area contributed by atoms with Gasteiger partial charge in [0.25, 0.3) is 15.9 Å². The molecule has 190 valence electrons. The Kier molecular flexibility index (Phi) is 8.18. The Labute approximate surface area is 208 Å². The molecule has 0 bridgehead atoms. The number of sulfonamides is 1. The average Bonchev–Trinajstić information content (AvgIpc) is 3.56. The Morgan fingerprint density at radius 1 is 0.943 bits per heavy atom. The second-order valence-electron chi connectivity index (χ2n) is 9.05. The van der Waals surface area contributed by atoms with Crippen LogP contribution in [0.25, 0.3) is 0 Å². The molecule has 0 N–H and O–H groups in total. The van der Waals surface area contributed by atoms with E-state index in [0.717, 1.165) is 39.0 Å². The fourth-order valence-corrected chi connectivity index (χ4v) is 5.96. The highest BCUT2D eigenvalue weighted by Crippen LogP contribution is 2.26. The lowest BCUT2D eigenvalue weighted by atomic mass is 10.2. The van der Waals surface area contributed by atoms with Crippen LogP contribution in [-0.2, 0) is 14.8 Å². The molecular formula is C26H35N3O5S. The van der Waals surface area contributed by atoms with Gasteiger partial charge in [0.1, 0.15) is 11.5 Å². The minimum absolute atomic E-state index is 0.00553. The number of likely N-dealkylation sites (tertiary alicyclic amines) is 2. The molecule has 2 aromatic carbocycles. The van der Waals surface area contributed by atoms with Gasteiger partial charge in [0.2, 0.25) is 0 Å². The number of hydrogen-bond donors (Lipinski definition) is 0. The molecule has 1 atom stereocenters. The van der Waals surface area contributed by atoms with Crippen molar-refractivity contribution in [3.63, 3.8) is 0 Å². The van der Waals surface area contributed by atoms with Gasteiger partial charge in [0.15, 0.2) is 6.61 Å². The number of carbonyl (C=O) groups is 1. The zero-order valence-electron chi connectivity index (χ0n) is 20.6. The molecule has 2 fully saturated rings. The van der Waals surface area contributed by atoms with Gasteiger partial charge < -0.3 is 19.3 Å². The van der Waals surface area contributed by atoms with Crippen LogP contribution < -0.4 is 13.8 Å². The quantitative estimate of drug-likeness (QED) is 0.497. The molecule has 9 heteroatoms. The molecule has 35 heavy (non-hydrogen) atoms. The van der Waals surface area contributed by atoms with Crippen LogP contribution in [0.15, 0.2) is 53.4 Å². The zero-order valence-corrected chi connectivity index (χ0v) is 21.4. The van der Waals surface area contributed by atoms with Gasteiger partial charge in [-0.25, -0.2) is 8.42 Å². The number of ether oxygens (including phenoxy) is 2. The minimum atomic E-state index is -3.72. The Morgan fingerprint density at radius 3 is 2.23 bits per heavy atom. The van der Waals surface area contributed by atoms with Crippen LogP contribution in [0.2, 0.25) is 0 Å². The summed E-state index contributed by atoms with van der Waals surface area (Å²) >= 11 is 0. The summed E-state index contributed by atoms with van der Waals surface area (Å²) < 4.78 is 38.4. The molecule has 2 aliphatic rings. The van der Waals surface area contributed by atoms with Crippen molar-refractivity contribution in [2.45, 2.75) is 43.5 Å². The van der Waals surface area contributed by atoms with E-state index in [2.05, 4.69) is 4.90 Å². The van der Waals surface area contributed by atoms with Gasteiger partial charge in [-0.1, -0.05) is 0 Å². The number of carbonyl (C=O) groups excluding carboxylic acids is 1. The van der Waals surface area contributed by atoms with E-state index in [1.807, 2.05) is 11.8 Å². The van der Waals surface area contributed by atoms with Crippen LogP contribution in [0.3, 0.4) is 0 Å². The van der Waals surface area contributed by atoms with E-state index in [1.54, 1.807) is 36.4 Å². The van der Waals surface area contributed by atoms with Crippen LogP contribution in [-0.4, -0.2) is 76.6 Å². The number of hydrogen-bond acceptors (Lipinski definition) is 6. The van der Waals surface area contributed by atoms with E-state index in [4.69, 9.17) is 9.47 Å². The molecule has 0 radical (unpaired) electrons. The summed E-state index contributed by atoms with van der Waals surface area (Å²) in [6, 6.07) is 13.4. The van der Waals surface area contributed by atoms with Crippen molar-refractivity contribution >= 4 is 21.6 Å². The van der Waals surface area contributed by atoms with Crippen molar-refractivity contribution < 1.29 is 22.7 Å². The van der Waals surface area contributed by atoms with Crippen molar-refractivity contribution in [3.8, 4) is 11.5 Å². The number of amides is 1. The third-order valence-electron chi connectivity index (χ3n) is 6.72. The lowest BCUT2D eigenvalue weighted by Gasteiger charge is -2.28. The summed E-state index contributed by atoms with van der Waals surface area (Å²) in [5, 5.41) is 0. The van der Waals surface area contributed by atoms with E-state index < -0.39 is 10.0 Å². The number of anilines is 1. The summed E-state index contributed by atoms with van der Waals surface area (Å²) in [5.41, 5.74) is 0.503. The predicted octanol–water partition coefficient (Wildman–Crippen LogP) is 3.38. The first-order valence-corrected chi connectivity index (χ1v) is 13.8. The molecule has 0 spiro atoms. The van der Waals surface area contributed by atoms with E-state index in [0.29, 0.717) is 23.8 Å². The predicted molar refractivity (Wildman–Crippen MR) is 136 cm³/mol. The molecule has 1 amide bonds. The van der Waals surface area contributed by atoms with E-state index in [-0.39, 0.29) is 23.5 Å². The molecule has 2 aromatic rings. The number of rotatable bonds is 10. The topological polar surface area (TPSA) is 79.4 Å². The Hall–Kier alpha value is -2.78. The highest BCUT2D eigenvalue weighted by Gasteiger charge is 2.31. The Morgan fingerprint density at radius 2 is 1.57 bits per heavy atom. The molecule has 0 saturated carbocycles. The summed E-state index contributed by atoms with van der Waals surface area (Å²) in [7, 11) is -2.20. The van der Waals surface area contributed by atoms with Gasteiger partial charge in [-0.3, -0.25) is 9.10 Å². The standard InChI is InChI=1S/C26H35N3O5S/c1-3-33-23-12-14-25(15-13-23)35(31,32)27(2)21-8-10-24(11-9-21)34-20-26(30)29-18-6-7-22(29)19-28-16-4-5-17-28/h8-15,22H,3-7,16-20H2,1-2H3. The summed E-state index contributed by atoms with van der Waals surface area (Å²) in [4.78, 5) is 17.4. The van der Waals surface area contributed by atoms with Crippen molar-refractivity contribution in [2.75, 3.05) is 50.7 Å². The van der Waals surface area contributed by atoms with Crippen LogP contribution >= 0.6 is 0 Å². The third kappa shape index (κ3) is 6.08. The molecular weight excluding hydrogens is 466 g/mol. The third-order valence-corrected chi connectivity index (χ3v) is 8.52. The maximum atomic E-state index is 13.0. The van der Waals surface area contributed by atoms with Gasteiger partial charge in [-0.2, -0.15) is 0 Å². The smallest absolute Gasteiger partial charge is 0.264 e. The van der Waals surface area contributed by atoms with Crippen molar-refractivity contribution in [1.82, 2.24) is 9.80 Å². The second kappa shape index (κ2) is 11.3. The first-order chi connectivity index (χ1) is 16.9. The first kappa shape index (κ1) is 25.3. The van der Waals surface area contributed by atoms with Crippen LogP contribution in [0.5, 0.6) is 11.5 Å². The zero-order chi connectivity index (χ0) is 24.8.